The van der Waals surface area contributed by atoms with Crippen molar-refractivity contribution in [2.24, 2.45) is 0 Å². The quantitative estimate of drug-likeness (QED) is 0.788. The van der Waals surface area contributed by atoms with Crippen LogP contribution in [0.3, 0.4) is 0 Å². The van der Waals surface area contributed by atoms with Crippen molar-refractivity contribution in [3.63, 3.8) is 0 Å². The van der Waals surface area contributed by atoms with E-state index in [0.717, 1.165) is 30.9 Å². The summed E-state index contributed by atoms with van der Waals surface area (Å²) < 4.78 is 1.95. The monoisotopic (exact) mass is 241 g/mol. The van der Waals surface area contributed by atoms with Gasteiger partial charge in [0.05, 0.1) is 17.6 Å². The smallest absolute Gasteiger partial charge is 0.0665 e. The Morgan fingerprint density at radius 3 is 2.83 bits per heavy atom. The van der Waals surface area contributed by atoms with Crippen LogP contribution in [0.15, 0.2) is 48.7 Å². The van der Waals surface area contributed by atoms with Gasteiger partial charge in [-0.1, -0.05) is 31.2 Å². The van der Waals surface area contributed by atoms with Crippen molar-refractivity contribution in [1.29, 1.82) is 0 Å². The fourth-order valence-corrected chi connectivity index (χ4v) is 1.79. The van der Waals surface area contributed by atoms with Crippen LogP contribution in [-0.4, -0.2) is 22.9 Å². The second-order valence-corrected chi connectivity index (χ2v) is 4.05. The molecule has 0 amide bonds. The lowest BCUT2D eigenvalue weighted by Gasteiger charge is -2.03. The van der Waals surface area contributed by atoms with Gasteiger partial charge in [-0.15, -0.1) is 0 Å². The third kappa shape index (κ3) is 3.31. The molecule has 0 aliphatic rings. The molecule has 94 valence electrons. The Bertz CT molecular complexity index is 485. The Hall–Kier alpha value is -1.87. The molecule has 0 spiro atoms. The third-order valence-corrected chi connectivity index (χ3v) is 2.70. The van der Waals surface area contributed by atoms with Crippen molar-refractivity contribution in [2.45, 2.75) is 13.3 Å². The predicted molar refractivity (Wildman–Crippen MR) is 75.8 cm³/mol. The van der Waals surface area contributed by atoms with E-state index in [1.807, 2.05) is 35.1 Å². The van der Waals surface area contributed by atoms with Gasteiger partial charge >= 0.3 is 0 Å². The maximum atomic E-state index is 4.35. The molecule has 1 aromatic heterocycles. The maximum Gasteiger partial charge on any atom is 0.0665 e. The molecule has 3 heteroatoms. The van der Waals surface area contributed by atoms with E-state index in [0.29, 0.717) is 0 Å². The van der Waals surface area contributed by atoms with Gasteiger partial charge in [-0.3, -0.25) is 0 Å². The van der Waals surface area contributed by atoms with Gasteiger partial charge in [-0.05, 0) is 43.8 Å². The highest BCUT2D eigenvalue weighted by atomic mass is 15.3. The average molecular weight is 241 g/mol. The molecule has 0 aliphatic heterocycles. The van der Waals surface area contributed by atoms with E-state index < -0.39 is 0 Å². The molecule has 2 rings (SSSR count). The molecule has 1 aromatic carbocycles. The second-order valence-electron chi connectivity index (χ2n) is 4.05. The van der Waals surface area contributed by atoms with Crippen LogP contribution in [-0.2, 0) is 0 Å². The van der Waals surface area contributed by atoms with Gasteiger partial charge in [0.1, 0.15) is 0 Å². The lowest BCUT2D eigenvalue weighted by molar-refractivity contribution is 0.727. The van der Waals surface area contributed by atoms with Gasteiger partial charge in [0.2, 0.25) is 0 Å². The van der Waals surface area contributed by atoms with Gasteiger partial charge in [0, 0.05) is 0 Å². The zero-order chi connectivity index (χ0) is 12.6. The van der Waals surface area contributed by atoms with E-state index in [4.69, 9.17) is 0 Å². The molecule has 0 radical (unpaired) electrons. The highest BCUT2D eigenvalue weighted by molar-refractivity contribution is 5.48. The van der Waals surface area contributed by atoms with Gasteiger partial charge in [-0.2, -0.15) is 5.10 Å². The average Bonchev–Trinajstić information content (AvgIpc) is 2.88. The van der Waals surface area contributed by atoms with Crippen molar-refractivity contribution in [1.82, 2.24) is 15.1 Å². The molecule has 0 fully saturated rings. The zero-order valence-electron chi connectivity index (χ0n) is 10.7. The molecule has 0 saturated heterocycles. The van der Waals surface area contributed by atoms with Gasteiger partial charge < -0.3 is 5.32 Å². The number of hydrogen-bond donors (Lipinski definition) is 1. The van der Waals surface area contributed by atoms with Crippen molar-refractivity contribution >= 4 is 6.08 Å². The molecular weight excluding hydrogens is 222 g/mol. The summed E-state index contributed by atoms with van der Waals surface area (Å²) in [6.07, 6.45) is 7.17. The number of aromatic nitrogens is 2. The lowest BCUT2D eigenvalue weighted by atomic mass is 10.3. The topological polar surface area (TPSA) is 29.9 Å². The minimum Gasteiger partial charge on any atom is -0.317 e. The van der Waals surface area contributed by atoms with E-state index in [1.54, 1.807) is 0 Å². The van der Waals surface area contributed by atoms with Gasteiger partial charge in [-0.25, -0.2) is 4.68 Å². The van der Waals surface area contributed by atoms with Crippen molar-refractivity contribution in [3.05, 3.63) is 54.4 Å². The van der Waals surface area contributed by atoms with Crippen LogP contribution in [0.4, 0.5) is 0 Å². The van der Waals surface area contributed by atoms with Crippen LogP contribution >= 0.6 is 0 Å². The lowest BCUT2D eigenvalue weighted by Crippen LogP contribution is -2.12. The summed E-state index contributed by atoms with van der Waals surface area (Å²) in [4.78, 5) is 0. The first kappa shape index (κ1) is 12.6. The number of para-hydroxylation sites is 1. The van der Waals surface area contributed by atoms with Crippen molar-refractivity contribution < 1.29 is 0 Å². The molecule has 0 aliphatic carbocycles. The molecule has 2 aromatic rings. The summed E-state index contributed by atoms with van der Waals surface area (Å²) in [6, 6.07) is 12.2. The van der Waals surface area contributed by atoms with Crippen molar-refractivity contribution in [3.8, 4) is 5.69 Å². The Morgan fingerprint density at radius 2 is 2.06 bits per heavy atom. The van der Waals surface area contributed by atoms with E-state index in [-0.39, 0.29) is 0 Å². The Kier molecular flexibility index (Phi) is 4.73. The van der Waals surface area contributed by atoms with Crippen LogP contribution in [0.1, 0.15) is 19.0 Å². The summed E-state index contributed by atoms with van der Waals surface area (Å²) in [7, 11) is 0. The largest absolute Gasteiger partial charge is 0.317 e. The third-order valence-electron chi connectivity index (χ3n) is 2.70. The number of hydrogen-bond acceptors (Lipinski definition) is 2. The summed E-state index contributed by atoms with van der Waals surface area (Å²) in [5.74, 6) is 0. The van der Waals surface area contributed by atoms with E-state index in [2.05, 4.69) is 41.6 Å². The Balaban J connectivity index is 2.04. The number of benzene rings is 1. The number of nitrogens with one attached hydrogen (secondary N) is 1. The SMILES string of the molecule is CCNCC/C=C/c1ccnn1-c1ccccc1. The molecule has 3 nitrogen and oxygen atoms in total. The first-order chi connectivity index (χ1) is 8.92. The Morgan fingerprint density at radius 1 is 1.22 bits per heavy atom. The summed E-state index contributed by atoms with van der Waals surface area (Å²) in [5, 5.41) is 7.65. The van der Waals surface area contributed by atoms with Crippen molar-refractivity contribution in [2.75, 3.05) is 13.1 Å². The molecule has 1 N–H and O–H groups in total. The highest BCUT2D eigenvalue weighted by Crippen LogP contribution is 2.11. The summed E-state index contributed by atoms with van der Waals surface area (Å²) >= 11 is 0. The van der Waals surface area contributed by atoms with Crippen LogP contribution in [0, 0.1) is 0 Å². The second kappa shape index (κ2) is 6.77. The number of nitrogens with zero attached hydrogens (tertiary/aromatic N) is 2. The standard InChI is InChI=1S/C15H19N3/c1-2-16-12-7-6-10-15-11-13-17-18(15)14-8-4-3-5-9-14/h3-6,8-11,13,16H,2,7,12H2,1H3/b10-6+. The maximum absolute atomic E-state index is 4.35. The first-order valence-electron chi connectivity index (χ1n) is 6.38. The van der Waals surface area contributed by atoms with E-state index >= 15 is 0 Å². The molecule has 0 atom stereocenters. The van der Waals surface area contributed by atoms with Crippen LogP contribution in [0.5, 0.6) is 0 Å². The van der Waals surface area contributed by atoms with Crippen LogP contribution < -0.4 is 5.32 Å². The van der Waals surface area contributed by atoms with Gasteiger partial charge in [0.15, 0.2) is 0 Å². The predicted octanol–water partition coefficient (Wildman–Crippen LogP) is 2.89. The summed E-state index contributed by atoms with van der Waals surface area (Å²) in [5.41, 5.74) is 2.20. The van der Waals surface area contributed by atoms with E-state index in [9.17, 15) is 0 Å². The molecule has 18 heavy (non-hydrogen) atoms. The molecule has 0 unspecified atom stereocenters. The Labute approximate surface area is 108 Å². The first-order valence-corrected chi connectivity index (χ1v) is 6.38. The normalized spacial score (nSPS) is 11.2. The fourth-order valence-electron chi connectivity index (χ4n) is 1.79. The minimum atomic E-state index is 1.02. The highest BCUT2D eigenvalue weighted by Gasteiger charge is 2.00. The number of rotatable bonds is 6. The van der Waals surface area contributed by atoms with Gasteiger partial charge in [0.25, 0.3) is 0 Å². The molecular formula is C15H19N3. The van der Waals surface area contributed by atoms with E-state index in [1.165, 1.54) is 0 Å². The zero-order valence-corrected chi connectivity index (χ0v) is 10.7. The minimum absolute atomic E-state index is 1.02. The van der Waals surface area contributed by atoms with Crippen LogP contribution in [0.25, 0.3) is 11.8 Å². The fraction of sp³-hybridized carbons (Fsp3) is 0.267. The summed E-state index contributed by atoms with van der Waals surface area (Å²) in [6.45, 7) is 4.16. The molecule has 1 heterocycles. The molecule has 0 saturated carbocycles. The molecule has 0 bridgehead atoms. The van der Waals surface area contributed by atoms with Crippen LogP contribution in [0.2, 0.25) is 0 Å².